The van der Waals surface area contributed by atoms with Gasteiger partial charge in [-0.25, -0.2) is 9.13 Å². The van der Waals surface area contributed by atoms with Crippen molar-refractivity contribution < 1.29 is 80.2 Å². The summed E-state index contributed by atoms with van der Waals surface area (Å²) in [6, 6.07) is 0. The van der Waals surface area contributed by atoms with Crippen molar-refractivity contribution in [3.05, 3.63) is 0 Å². The van der Waals surface area contributed by atoms with Crippen molar-refractivity contribution in [2.75, 3.05) is 39.6 Å². The Labute approximate surface area is 581 Å². The molecule has 0 saturated carbocycles. The van der Waals surface area contributed by atoms with Gasteiger partial charge in [-0.2, -0.15) is 0 Å². The van der Waals surface area contributed by atoms with E-state index in [1.807, 2.05) is 0 Å². The number of aliphatic hydroxyl groups excluding tert-OH is 1. The summed E-state index contributed by atoms with van der Waals surface area (Å²) in [5.74, 6) is 0.0822. The van der Waals surface area contributed by atoms with Gasteiger partial charge >= 0.3 is 39.5 Å². The second-order valence-corrected chi connectivity index (χ2v) is 31.7. The first-order valence-corrected chi connectivity index (χ1v) is 42.3. The summed E-state index contributed by atoms with van der Waals surface area (Å²) in [4.78, 5) is 72.7. The zero-order valence-electron chi connectivity index (χ0n) is 62.1. The van der Waals surface area contributed by atoms with Crippen LogP contribution in [0.4, 0.5) is 0 Å². The van der Waals surface area contributed by atoms with Crippen LogP contribution >= 0.6 is 15.6 Å². The van der Waals surface area contributed by atoms with Gasteiger partial charge in [0, 0.05) is 25.7 Å². The minimum Gasteiger partial charge on any atom is -0.462 e. The Bertz CT molecular complexity index is 1850. The van der Waals surface area contributed by atoms with Crippen molar-refractivity contribution >= 4 is 39.5 Å². The van der Waals surface area contributed by atoms with Crippen LogP contribution in [0.2, 0.25) is 0 Å². The summed E-state index contributed by atoms with van der Waals surface area (Å²) in [6.07, 6.45) is 53.0. The molecule has 17 nitrogen and oxygen atoms in total. The van der Waals surface area contributed by atoms with Crippen LogP contribution in [-0.4, -0.2) is 96.7 Å². The standard InChI is InChI=1S/C76H148O17P2/c1-8-9-10-11-12-13-14-15-16-17-20-23-26-29-36-43-50-57-73(78)86-63-71(92-75(80)59-52-45-37-30-27-24-21-18-19-22-25-28-33-40-47-54-67(2)3)65-90-94(82,83)88-61-70(77)62-89-95(84,85)91-66-72(93-76(81)60-53-46-39-32-35-42-49-56-69(6)7)64-87-74(79)58-51-44-38-31-34-41-48-55-68(4)5/h67-72,77H,8-66H2,1-7H3,(H,82,83)(H,84,85)/t70-,71-,72-/m1/s1. The number of unbranched alkanes of at least 4 members (excludes halogenated alkanes) is 42. The molecule has 564 valence electrons. The highest BCUT2D eigenvalue weighted by molar-refractivity contribution is 7.47. The second kappa shape index (κ2) is 66.6. The van der Waals surface area contributed by atoms with Crippen LogP contribution in [0.25, 0.3) is 0 Å². The molecule has 0 spiro atoms. The van der Waals surface area contributed by atoms with Gasteiger partial charge in [-0.3, -0.25) is 37.3 Å². The lowest BCUT2D eigenvalue weighted by Gasteiger charge is -2.21. The summed E-state index contributed by atoms with van der Waals surface area (Å²) in [5.41, 5.74) is 0. The third-order valence-corrected chi connectivity index (χ3v) is 19.5. The Morgan fingerprint density at radius 1 is 0.284 bits per heavy atom. The molecule has 0 heterocycles. The highest BCUT2D eigenvalue weighted by Gasteiger charge is 2.30. The molecule has 19 heteroatoms. The molecule has 2 unspecified atom stereocenters. The fourth-order valence-electron chi connectivity index (χ4n) is 11.6. The SMILES string of the molecule is CCCCCCCCCCCCCCCCCCCC(=O)OC[C@H](COP(=O)(O)OC[C@@H](O)COP(=O)(O)OC[C@@H](COC(=O)CCCCCCCCCC(C)C)OC(=O)CCCCCCCCCC(C)C)OC(=O)CCCCCCCCCCCCCCCCCC(C)C. The molecular weight excluding hydrogens is 1250 g/mol. The van der Waals surface area contributed by atoms with E-state index in [1.165, 1.54) is 193 Å². The van der Waals surface area contributed by atoms with Gasteiger partial charge in [0.15, 0.2) is 12.2 Å². The third-order valence-electron chi connectivity index (χ3n) is 17.6. The molecule has 0 rings (SSSR count). The Morgan fingerprint density at radius 2 is 0.484 bits per heavy atom. The molecule has 0 aliphatic rings. The first-order chi connectivity index (χ1) is 45.7. The number of carbonyl (C=O) groups is 4. The van der Waals surface area contributed by atoms with Gasteiger partial charge in [0.1, 0.15) is 19.3 Å². The number of carbonyl (C=O) groups excluding carboxylic acids is 4. The molecule has 0 aliphatic carbocycles. The topological polar surface area (TPSA) is 237 Å². The molecule has 0 aromatic carbocycles. The summed E-state index contributed by atoms with van der Waals surface area (Å²) >= 11 is 0. The number of aliphatic hydroxyl groups is 1. The fourth-order valence-corrected chi connectivity index (χ4v) is 13.2. The molecule has 95 heavy (non-hydrogen) atoms. The average Bonchev–Trinajstić information content (AvgIpc) is 1.40. The van der Waals surface area contributed by atoms with E-state index in [9.17, 15) is 43.2 Å². The lowest BCUT2D eigenvalue weighted by atomic mass is 10.0. The number of hydrogen-bond donors (Lipinski definition) is 3. The minimum absolute atomic E-state index is 0.103. The molecular formula is C76H148O17P2. The molecule has 0 radical (unpaired) electrons. The third kappa shape index (κ3) is 70.3. The lowest BCUT2D eigenvalue weighted by molar-refractivity contribution is -0.161. The summed E-state index contributed by atoms with van der Waals surface area (Å²) in [5, 5.41) is 10.6. The number of phosphoric ester groups is 2. The van der Waals surface area contributed by atoms with E-state index in [4.69, 9.17) is 37.0 Å². The predicted octanol–water partition coefficient (Wildman–Crippen LogP) is 22.2. The van der Waals surface area contributed by atoms with Gasteiger partial charge in [-0.1, -0.05) is 337 Å². The maximum absolute atomic E-state index is 13.1. The zero-order chi connectivity index (χ0) is 70.1. The molecule has 0 saturated heterocycles. The Morgan fingerprint density at radius 3 is 0.716 bits per heavy atom. The molecule has 0 amide bonds. The predicted molar refractivity (Wildman–Crippen MR) is 386 cm³/mol. The molecule has 5 atom stereocenters. The molecule has 0 aromatic rings. The monoisotopic (exact) mass is 1400 g/mol. The van der Waals surface area contributed by atoms with Crippen molar-refractivity contribution in [2.24, 2.45) is 17.8 Å². The van der Waals surface area contributed by atoms with E-state index in [0.717, 1.165) is 102 Å². The van der Waals surface area contributed by atoms with E-state index in [2.05, 4.69) is 48.5 Å². The number of phosphoric acid groups is 2. The quantitative estimate of drug-likeness (QED) is 0.0222. The molecule has 0 fully saturated rings. The van der Waals surface area contributed by atoms with Crippen LogP contribution in [0.1, 0.15) is 389 Å². The van der Waals surface area contributed by atoms with Gasteiger partial charge in [-0.15, -0.1) is 0 Å². The van der Waals surface area contributed by atoms with Crippen molar-refractivity contribution in [1.82, 2.24) is 0 Å². The normalized spacial score (nSPS) is 14.1. The first kappa shape index (κ1) is 93.1. The van der Waals surface area contributed by atoms with Gasteiger partial charge < -0.3 is 33.8 Å². The Balaban J connectivity index is 5.22. The van der Waals surface area contributed by atoms with Crippen LogP contribution in [0.5, 0.6) is 0 Å². The highest BCUT2D eigenvalue weighted by atomic mass is 31.2. The second-order valence-electron chi connectivity index (χ2n) is 28.8. The van der Waals surface area contributed by atoms with E-state index >= 15 is 0 Å². The van der Waals surface area contributed by atoms with Gasteiger partial charge in [0.05, 0.1) is 26.4 Å². The van der Waals surface area contributed by atoms with Crippen molar-refractivity contribution in [3.63, 3.8) is 0 Å². The summed E-state index contributed by atoms with van der Waals surface area (Å²) < 4.78 is 68.5. The largest absolute Gasteiger partial charge is 0.472 e. The van der Waals surface area contributed by atoms with E-state index in [-0.39, 0.29) is 25.7 Å². The average molecular weight is 1400 g/mol. The van der Waals surface area contributed by atoms with Crippen LogP contribution in [0.3, 0.4) is 0 Å². The smallest absolute Gasteiger partial charge is 0.462 e. The Hall–Kier alpha value is -1.94. The van der Waals surface area contributed by atoms with Gasteiger partial charge in [0.25, 0.3) is 0 Å². The zero-order valence-corrected chi connectivity index (χ0v) is 63.9. The van der Waals surface area contributed by atoms with Crippen LogP contribution < -0.4 is 0 Å². The summed E-state index contributed by atoms with van der Waals surface area (Å²) in [7, 11) is -9.91. The van der Waals surface area contributed by atoms with E-state index < -0.39 is 97.5 Å². The van der Waals surface area contributed by atoms with Crippen molar-refractivity contribution in [1.29, 1.82) is 0 Å². The molecule has 0 aromatic heterocycles. The summed E-state index contributed by atoms with van der Waals surface area (Å²) in [6.45, 7) is 11.8. The number of esters is 4. The highest BCUT2D eigenvalue weighted by Crippen LogP contribution is 2.45. The lowest BCUT2D eigenvalue weighted by Crippen LogP contribution is -2.30. The van der Waals surface area contributed by atoms with Crippen molar-refractivity contribution in [3.8, 4) is 0 Å². The molecule has 3 N–H and O–H groups in total. The van der Waals surface area contributed by atoms with E-state index in [0.29, 0.717) is 37.5 Å². The van der Waals surface area contributed by atoms with Crippen LogP contribution in [-0.2, 0) is 65.4 Å². The number of hydrogen-bond acceptors (Lipinski definition) is 15. The first-order valence-electron chi connectivity index (χ1n) is 39.3. The number of ether oxygens (including phenoxy) is 4. The van der Waals surface area contributed by atoms with Crippen LogP contribution in [0, 0.1) is 17.8 Å². The Kier molecular flexibility index (Phi) is 65.2. The maximum Gasteiger partial charge on any atom is 0.472 e. The molecule has 0 bridgehead atoms. The van der Waals surface area contributed by atoms with E-state index in [1.54, 1.807) is 0 Å². The number of rotatable bonds is 74. The fraction of sp³-hybridized carbons (Fsp3) is 0.947. The minimum atomic E-state index is -4.96. The molecule has 0 aliphatic heterocycles. The van der Waals surface area contributed by atoms with Gasteiger partial charge in [0.2, 0.25) is 0 Å². The maximum atomic E-state index is 13.1. The van der Waals surface area contributed by atoms with Crippen molar-refractivity contribution in [2.45, 2.75) is 407 Å². The van der Waals surface area contributed by atoms with Gasteiger partial charge in [-0.05, 0) is 43.4 Å². The van der Waals surface area contributed by atoms with Crippen LogP contribution in [0.15, 0.2) is 0 Å².